The Labute approximate surface area is 157 Å². The molecule has 3 heterocycles. The van der Waals surface area contributed by atoms with Crippen molar-refractivity contribution in [3.05, 3.63) is 50.7 Å². The van der Waals surface area contributed by atoms with Gasteiger partial charge in [0.15, 0.2) is 11.2 Å². The number of fused-ring (bicyclic) bond motifs is 3. The average Bonchev–Trinajstić information content (AvgIpc) is 3.03. The fraction of sp³-hybridized carbons (Fsp3) is 0.450. The zero-order valence-corrected chi connectivity index (χ0v) is 16.3. The van der Waals surface area contributed by atoms with E-state index in [9.17, 15) is 9.59 Å². The fourth-order valence-corrected chi connectivity index (χ4v) is 3.99. The highest BCUT2D eigenvalue weighted by molar-refractivity contribution is 5.77. The van der Waals surface area contributed by atoms with E-state index in [1.165, 1.54) is 9.13 Å². The van der Waals surface area contributed by atoms with Crippen molar-refractivity contribution in [2.75, 3.05) is 11.4 Å². The van der Waals surface area contributed by atoms with E-state index in [1.807, 2.05) is 23.6 Å². The van der Waals surface area contributed by atoms with E-state index in [4.69, 9.17) is 4.98 Å². The van der Waals surface area contributed by atoms with Crippen LogP contribution in [0.4, 0.5) is 11.6 Å². The molecule has 0 saturated heterocycles. The molecule has 4 rings (SSSR count). The Morgan fingerprint density at radius 1 is 1.19 bits per heavy atom. The Bertz CT molecular complexity index is 1140. The van der Waals surface area contributed by atoms with Crippen molar-refractivity contribution in [3.63, 3.8) is 0 Å². The Balaban J connectivity index is 2.04. The van der Waals surface area contributed by atoms with Gasteiger partial charge in [0, 0.05) is 32.4 Å². The van der Waals surface area contributed by atoms with Crippen LogP contribution in [0.2, 0.25) is 0 Å². The molecular formula is C20H25N5O2. The zero-order chi connectivity index (χ0) is 19.3. The highest BCUT2D eigenvalue weighted by atomic mass is 16.2. The number of hydrogen-bond donors (Lipinski definition) is 0. The van der Waals surface area contributed by atoms with Crippen molar-refractivity contribution in [1.29, 1.82) is 0 Å². The Hall–Kier alpha value is -2.83. The second-order valence-corrected chi connectivity index (χ2v) is 7.50. The molecule has 7 nitrogen and oxygen atoms in total. The quantitative estimate of drug-likeness (QED) is 0.713. The lowest BCUT2D eigenvalue weighted by Gasteiger charge is -2.33. The van der Waals surface area contributed by atoms with E-state index >= 15 is 0 Å². The number of hydrogen-bond acceptors (Lipinski definition) is 4. The predicted octanol–water partition coefficient (Wildman–Crippen LogP) is 2.40. The molecule has 0 bridgehead atoms. The van der Waals surface area contributed by atoms with Gasteiger partial charge >= 0.3 is 5.69 Å². The minimum atomic E-state index is -0.305. The van der Waals surface area contributed by atoms with Crippen LogP contribution in [0.15, 0.2) is 33.9 Å². The van der Waals surface area contributed by atoms with Crippen LogP contribution in [0.25, 0.3) is 11.2 Å². The molecule has 0 N–H and O–H groups in total. The smallest absolute Gasteiger partial charge is 0.311 e. The van der Waals surface area contributed by atoms with E-state index in [1.54, 1.807) is 7.05 Å². The lowest BCUT2D eigenvalue weighted by molar-refractivity contribution is 0.457. The first-order valence-corrected chi connectivity index (χ1v) is 9.47. The van der Waals surface area contributed by atoms with Crippen LogP contribution in [0.5, 0.6) is 0 Å². The Morgan fingerprint density at radius 2 is 1.93 bits per heavy atom. The second-order valence-electron chi connectivity index (χ2n) is 7.50. The highest BCUT2D eigenvalue weighted by Gasteiger charge is 2.30. The maximum Gasteiger partial charge on any atom is 0.332 e. The summed E-state index contributed by atoms with van der Waals surface area (Å²) >= 11 is 0. The first kappa shape index (κ1) is 17.6. The summed E-state index contributed by atoms with van der Waals surface area (Å²) in [6.07, 6.45) is 0.730. The number of imidazole rings is 1. The van der Waals surface area contributed by atoms with Gasteiger partial charge in [-0.2, -0.15) is 4.98 Å². The molecule has 0 radical (unpaired) electrons. The molecule has 3 aromatic rings. The van der Waals surface area contributed by atoms with E-state index in [2.05, 4.69) is 30.9 Å². The summed E-state index contributed by atoms with van der Waals surface area (Å²) in [5.74, 6) is 1.09. The molecule has 1 aliphatic heterocycles. The Morgan fingerprint density at radius 3 is 2.63 bits per heavy atom. The summed E-state index contributed by atoms with van der Waals surface area (Å²) in [6.45, 7) is 8.17. The van der Waals surface area contributed by atoms with Crippen LogP contribution in [0.3, 0.4) is 0 Å². The fourth-order valence-electron chi connectivity index (χ4n) is 3.99. The number of aryl methyl sites for hydroxylation is 2. The SMILES string of the molecule is CCCn1c(=O)c2c(nc3n2C[C@H](C)CN3c2ccccc2C)n(C)c1=O. The average molecular weight is 367 g/mol. The number of anilines is 2. The molecule has 2 aromatic heterocycles. The van der Waals surface area contributed by atoms with Gasteiger partial charge < -0.3 is 9.47 Å². The number of benzene rings is 1. The van der Waals surface area contributed by atoms with Gasteiger partial charge in [0.05, 0.1) is 0 Å². The number of rotatable bonds is 3. The monoisotopic (exact) mass is 367 g/mol. The lowest BCUT2D eigenvalue weighted by Crippen LogP contribution is -2.40. The van der Waals surface area contributed by atoms with Crippen molar-refractivity contribution >= 4 is 22.8 Å². The molecule has 27 heavy (non-hydrogen) atoms. The predicted molar refractivity (Wildman–Crippen MR) is 107 cm³/mol. The summed E-state index contributed by atoms with van der Waals surface area (Å²) in [5.41, 5.74) is 2.67. The third-order valence-corrected chi connectivity index (χ3v) is 5.30. The van der Waals surface area contributed by atoms with Gasteiger partial charge in [-0.05, 0) is 30.9 Å². The maximum absolute atomic E-state index is 13.1. The molecule has 1 aromatic carbocycles. The van der Waals surface area contributed by atoms with E-state index in [0.717, 1.165) is 30.2 Å². The maximum atomic E-state index is 13.1. The molecule has 0 unspecified atom stereocenters. The number of para-hydroxylation sites is 1. The second kappa shape index (κ2) is 6.40. The summed E-state index contributed by atoms with van der Waals surface area (Å²) in [7, 11) is 1.69. The van der Waals surface area contributed by atoms with Gasteiger partial charge in [0.1, 0.15) is 0 Å². The molecular weight excluding hydrogens is 342 g/mol. The van der Waals surface area contributed by atoms with Crippen LogP contribution in [-0.4, -0.2) is 25.2 Å². The van der Waals surface area contributed by atoms with Gasteiger partial charge in [-0.1, -0.05) is 32.0 Å². The first-order chi connectivity index (χ1) is 12.9. The van der Waals surface area contributed by atoms with Gasteiger partial charge in [0.2, 0.25) is 5.95 Å². The van der Waals surface area contributed by atoms with Crippen LogP contribution in [0.1, 0.15) is 25.8 Å². The molecule has 0 fully saturated rings. The Kier molecular flexibility index (Phi) is 4.17. The molecule has 0 saturated carbocycles. The summed E-state index contributed by atoms with van der Waals surface area (Å²) in [5, 5.41) is 0. The van der Waals surface area contributed by atoms with Crippen molar-refractivity contribution in [2.45, 2.75) is 40.3 Å². The summed E-state index contributed by atoms with van der Waals surface area (Å²) < 4.78 is 4.82. The largest absolute Gasteiger partial charge is 0.332 e. The van der Waals surface area contributed by atoms with Gasteiger partial charge in [-0.25, -0.2) is 4.79 Å². The number of aromatic nitrogens is 4. The minimum Gasteiger partial charge on any atom is -0.311 e. The summed E-state index contributed by atoms with van der Waals surface area (Å²) in [6, 6.07) is 8.18. The minimum absolute atomic E-state index is 0.243. The summed E-state index contributed by atoms with van der Waals surface area (Å²) in [4.78, 5) is 32.7. The highest BCUT2D eigenvalue weighted by Crippen LogP contribution is 2.34. The third kappa shape index (κ3) is 2.60. The normalized spacial score (nSPS) is 16.7. The van der Waals surface area contributed by atoms with Crippen molar-refractivity contribution in [2.24, 2.45) is 13.0 Å². The molecule has 0 spiro atoms. The molecule has 0 aliphatic carbocycles. The van der Waals surface area contributed by atoms with Crippen LogP contribution < -0.4 is 16.1 Å². The van der Waals surface area contributed by atoms with E-state index in [0.29, 0.717) is 30.2 Å². The first-order valence-electron chi connectivity index (χ1n) is 9.47. The molecule has 1 atom stereocenters. The van der Waals surface area contributed by atoms with Gasteiger partial charge in [-0.15, -0.1) is 0 Å². The van der Waals surface area contributed by atoms with Gasteiger partial charge in [0.25, 0.3) is 5.56 Å². The molecule has 0 amide bonds. The number of nitrogens with zero attached hydrogens (tertiary/aromatic N) is 5. The topological polar surface area (TPSA) is 65.1 Å². The lowest BCUT2D eigenvalue weighted by atomic mass is 10.1. The third-order valence-electron chi connectivity index (χ3n) is 5.30. The van der Waals surface area contributed by atoms with Crippen LogP contribution in [0, 0.1) is 12.8 Å². The molecule has 7 heteroatoms. The molecule has 142 valence electrons. The van der Waals surface area contributed by atoms with Gasteiger partial charge in [-0.3, -0.25) is 13.9 Å². The van der Waals surface area contributed by atoms with E-state index in [-0.39, 0.29) is 11.2 Å². The van der Waals surface area contributed by atoms with Crippen LogP contribution in [-0.2, 0) is 20.1 Å². The van der Waals surface area contributed by atoms with Crippen LogP contribution >= 0.6 is 0 Å². The van der Waals surface area contributed by atoms with Crippen molar-refractivity contribution < 1.29 is 0 Å². The van der Waals surface area contributed by atoms with E-state index < -0.39 is 0 Å². The van der Waals surface area contributed by atoms with Crippen molar-refractivity contribution in [1.82, 2.24) is 18.7 Å². The molecule has 1 aliphatic rings. The zero-order valence-electron chi connectivity index (χ0n) is 16.3. The standard InChI is InChI=1S/C20H25N5O2/c1-5-10-23-18(26)16-17(22(4)20(23)27)21-19-24(11-13(2)12-25(16)19)15-9-7-6-8-14(15)3/h6-9,13H,5,10-12H2,1-4H3/t13-/m1/s1. The van der Waals surface area contributed by atoms with Crippen molar-refractivity contribution in [3.8, 4) is 0 Å².